The van der Waals surface area contributed by atoms with Gasteiger partial charge in [0.15, 0.2) is 0 Å². The number of benzene rings is 2. The van der Waals surface area contributed by atoms with E-state index >= 15 is 0 Å². The Morgan fingerprint density at radius 1 is 1.20 bits per heavy atom. The zero-order valence-electron chi connectivity index (χ0n) is 11.6. The van der Waals surface area contributed by atoms with Crippen molar-refractivity contribution in [1.82, 2.24) is 0 Å². The lowest BCUT2D eigenvalue weighted by Crippen LogP contribution is -2.13. The maximum Gasteiger partial charge on any atom is 0.313 e. The van der Waals surface area contributed by atoms with E-state index in [1.54, 1.807) is 26.0 Å². The van der Waals surface area contributed by atoms with Crippen molar-refractivity contribution in [1.29, 1.82) is 0 Å². The molecule has 0 aliphatic rings. The van der Waals surface area contributed by atoms with Crippen LogP contribution in [-0.4, -0.2) is 12.6 Å². The standard InChI is InChI=1S/C17H17FO2/c1-3-20-17(19)12(2)14-9-10-15(16(18)11-14)13-7-5-4-6-8-13/h4-12H,3H2,1-2H3. The van der Waals surface area contributed by atoms with Crippen molar-refractivity contribution in [2.24, 2.45) is 0 Å². The van der Waals surface area contributed by atoms with Gasteiger partial charge in [-0.2, -0.15) is 0 Å². The molecular formula is C17H17FO2. The molecule has 104 valence electrons. The molecular weight excluding hydrogens is 255 g/mol. The molecule has 0 aromatic heterocycles. The van der Waals surface area contributed by atoms with Gasteiger partial charge < -0.3 is 4.74 Å². The third-order valence-corrected chi connectivity index (χ3v) is 3.22. The molecule has 0 N–H and O–H groups in total. The first kappa shape index (κ1) is 14.3. The van der Waals surface area contributed by atoms with Crippen LogP contribution in [0.15, 0.2) is 48.5 Å². The van der Waals surface area contributed by atoms with E-state index in [1.807, 2.05) is 30.3 Å². The number of halogens is 1. The smallest absolute Gasteiger partial charge is 0.313 e. The fourth-order valence-corrected chi connectivity index (χ4v) is 2.06. The van der Waals surface area contributed by atoms with E-state index in [1.165, 1.54) is 6.07 Å². The predicted octanol–water partition coefficient (Wildman–Crippen LogP) is 4.16. The quantitative estimate of drug-likeness (QED) is 0.781. The molecule has 0 saturated carbocycles. The van der Waals surface area contributed by atoms with Crippen LogP contribution in [-0.2, 0) is 9.53 Å². The van der Waals surface area contributed by atoms with E-state index in [4.69, 9.17) is 4.74 Å². The Kier molecular flexibility index (Phi) is 4.51. The Hall–Kier alpha value is -2.16. The van der Waals surface area contributed by atoms with Crippen molar-refractivity contribution in [3.63, 3.8) is 0 Å². The molecule has 0 amide bonds. The van der Waals surface area contributed by atoms with E-state index in [-0.39, 0.29) is 11.8 Å². The molecule has 1 atom stereocenters. The van der Waals surface area contributed by atoms with Crippen LogP contribution in [0, 0.1) is 5.82 Å². The summed E-state index contributed by atoms with van der Waals surface area (Å²) < 4.78 is 19.1. The average molecular weight is 272 g/mol. The van der Waals surface area contributed by atoms with Gasteiger partial charge >= 0.3 is 5.97 Å². The van der Waals surface area contributed by atoms with E-state index < -0.39 is 5.92 Å². The van der Waals surface area contributed by atoms with Crippen LogP contribution in [0.5, 0.6) is 0 Å². The maximum absolute atomic E-state index is 14.2. The molecule has 0 heterocycles. The lowest BCUT2D eigenvalue weighted by molar-refractivity contribution is -0.144. The second-order valence-corrected chi connectivity index (χ2v) is 4.58. The van der Waals surface area contributed by atoms with Crippen LogP contribution in [0.25, 0.3) is 11.1 Å². The van der Waals surface area contributed by atoms with Crippen molar-refractivity contribution in [3.05, 3.63) is 59.9 Å². The van der Waals surface area contributed by atoms with Crippen LogP contribution < -0.4 is 0 Å². The van der Waals surface area contributed by atoms with Gasteiger partial charge in [-0.1, -0.05) is 42.5 Å². The average Bonchev–Trinajstić information content (AvgIpc) is 2.47. The zero-order valence-corrected chi connectivity index (χ0v) is 11.6. The molecule has 0 radical (unpaired) electrons. The van der Waals surface area contributed by atoms with Crippen molar-refractivity contribution in [3.8, 4) is 11.1 Å². The first-order valence-electron chi connectivity index (χ1n) is 6.65. The minimum absolute atomic E-state index is 0.327. The summed E-state index contributed by atoms with van der Waals surface area (Å²) in [5.74, 6) is -1.13. The second-order valence-electron chi connectivity index (χ2n) is 4.58. The summed E-state index contributed by atoms with van der Waals surface area (Å²) in [4.78, 5) is 11.7. The SMILES string of the molecule is CCOC(=O)C(C)c1ccc(-c2ccccc2)c(F)c1. The van der Waals surface area contributed by atoms with Crippen LogP contribution in [0.2, 0.25) is 0 Å². The van der Waals surface area contributed by atoms with Gasteiger partial charge in [0, 0.05) is 5.56 Å². The number of ether oxygens (including phenoxy) is 1. The van der Waals surface area contributed by atoms with E-state index in [2.05, 4.69) is 0 Å². The van der Waals surface area contributed by atoms with Crippen molar-refractivity contribution < 1.29 is 13.9 Å². The van der Waals surface area contributed by atoms with Crippen molar-refractivity contribution in [2.75, 3.05) is 6.61 Å². The van der Waals surface area contributed by atoms with Gasteiger partial charge in [0.05, 0.1) is 12.5 Å². The Balaban J connectivity index is 2.29. The highest BCUT2D eigenvalue weighted by Crippen LogP contribution is 2.26. The summed E-state index contributed by atoms with van der Waals surface area (Å²) in [6.07, 6.45) is 0. The Labute approximate surface area is 118 Å². The third-order valence-electron chi connectivity index (χ3n) is 3.22. The molecule has 0 fully saturated rings. The van der Waals surface area contributed by atoms with E-state index in [0.29, 0.717) is 17.7 Å². The van der Waals surface area contributed by atoms with Crippen LogP contribution in [0.1, 0.15) is 25.3 Å². The fraction of sp³-hybridized carbons (Fsp3) is 0.235. The first-order chi connectivity index (χ1) is 9.63. The summed E-state index contributed by atoms with van der Waals surface area (Å²) in [6.45, 7) is 3.80. The molecule has 0 spiro atoms. The molecule has 2 aromatic rings. The maximum atomic E-state index is 14.2. The topological polar surface area (TPSA) is 26.3 Å². The lowest BCUT2D eigenvalue weighted by atomic mass is 9.97. The predicted molar refractivity (Wildman–Crippen MR) is 76.9 cm³/mol. The first-order valence-corrected chi connectivity index (χ1v) is 6.65. The van der Waals surface area contributed by atoms with Crippen LogP contribution in [0.4, 0.5) is 4.39 Å². The van der Waals surface area contributed by atoms with E-state index in [9.17, 15) is 9.18 Å². The molecule has 0 saturated heterocycles. The molecule has 2 aromatic carbocycles. The third kappa shape index (κ3) is 3.05. The zero-order chi connectivity index (χ0) is 14.5. The second kappa shape index (κ2) is 6.33. The Morgan fingerprint density at radius 3 is 2.50 bits per heavy atom. The van der Waals surface area contributed by atoms with Gasteiger partial charge in [-0.3, -0.25) is 4.79 Å². The minimum atomic E-state index is -0.464. The Morgan fingerprint density at radius 2 is 1.90 bits per heavy atom. The highest BCUT2D eigenvalue weighted by molar-refractivity contribution is 5.78. The monoisotopic (exact) mass is 272 g/mol. The summed E-state index contributed by atoms with van der Waals surface area (Å²) in [6, 6.07) is 14.2. The molecule has 1 unspecified atom stereocenters. The van der Waals surface area contributed by atoms with Gasteiger partial charge in [-0.25, -0.2) is 4.39 Å². The normalized spacial score (nSPS) is 11.9. The Bertz CT molecular complexity index is 593. The molecule has 2 nitrogen and oxygen atoms in total. The molecule has 2 rings (SSSR count). The van der Waals surface area contributed by atoms with Crippen molar-refractivity contribution >= 4 is 5.97 Å². The van der Waals surface area contributed by atoms with Crippen molar-refractivity contribution in [2.45, 2.75) is 19.8 Å². The number of carbonyl (C=O) groups is 1. The summed E-state index contributed by atoms with van der Waals surface area (Å²) >= 11 is 0. The summed E-state index contributed by atoms with van der Waals surface area (Å²) in [5, 5.41) is 0. The van der Waals surface area contributed by atoms with Gasteiger partial charge in [-0.05, 0) is 31.0 Å². The summed E-state index contributed by atoms with van der Waals surface area (Å²) in [5.41, 5.74) is 1.98. The highest BCUT2D eigenvalue weighted by Gasteiger charge is 2.18. The fourth-order valence-electron chi connectivity index (χ4n) is 2.06. The van der Waals surface area contributed by atoms with Gasteiger partial charge in [0.1, 0.15) is 5.82 Å². The largest absolute Gasteiger partial charge is 0.466 e. The molecule has 0 bridgehead atoms. The molecule has 3 heteroatoms. The molecule has 20 heavy (non-hydrogen) atoms. The minimum Gasteiger partial charge on any atom is -0.466 e. The number of carbonyl (C=O) groups excluding carboxylic acids is 1. The number of hydrogen-bond donors (Lipinski definition) is 0. The molecule has 0 aliphatic heterocycles. The summed E-state index contributed by atoms with van der Waals surface area (Å²) in [7, 11) is 0. The van der Waals surface area contributed by atoms with Gasteiger partial charge in [0.2, 0.25) is 0 Å². The van der Waals surface area contributed by atoms with Crippen LogP contribution in [0.3, 0.4) is 0 Å². The lowest BCUT2D eigenvalue weighted by Gasteiger charge is -2.12. The van der Waals surface area contributed by atoms with Gasteiger partial charge in [0.25, 0.3) is 0 Å². The number of esters is 1. The number of hydrogen-bond acceptors (Lipinski definition) is 2. The van der Waals surface area contributed by atoms with Crippen LogP contribution >= 0.6 is 0 Å². The number of rotatable bonds is 4. The van der Waals surface area contributed by atoms with E-state index in [0.717, 1.165) is 5.56 Å². The van der Waals surface area contributed by atoms with Gasteiger partial charge in [-0.15, -0.1) is 0 Å². The highest BCUT2D eigenvalue weighted by atomic mass is 19.1. The molecule has 0 aliphatic carbocycles.